The fourth-order valence-corrected chi connectivity index (χ4v) is 3.81. The molecular weight excluding hydrogens is 314 g/mol. The molecule has 25 heavy (non-hydrogen) atoms. The first-order valence-electron chi connectivity index (χ1n) is 9.05. The molecule has 0 spiro atoms. The van der Waals surface area contributed by atoms with Crippen LogP contribution in [0.5, 0.6) is 0 Å². The number of carbonyl (C=O) groups excluding carboxylic acids is 1. The first-order valence-corrected chi connectivity index (χ1v) is 9.05. The standard InChI is InChI=1S/C19H21N5O/c25-17(7-6-13-4-5-13)24-10-8-14-18(21-12-20-14)19(24)15-11-23-9-2-1-3-16(23)22-15/h1-3,9,11-13,19H,4-8,10H2,(H,20,21)/t19-/m0/s1. The molecule has 0 aromatic carbocycles. The fourth-order valence-electron chi connectivity index (χ4n) is 3.81. The van der Waals surface area contributed by atoms with E-state index >= 15 is 0 Å². The molecule has 1 atom stereocenters. The van der Waals surface area contributed by atoms with Gasteiger partial charge in [0.1, 0.15) is 11.7 Å². The number of rotatable bonds is 4. The van der Waals surface area contributed by atoms with Crippen LogP contribution in [0, 0.1) is 5.92 Å². The van der Waals surface area contributed by atoms with Gasteiger partial charge in [0.15, 0.2) is 0 Å². The predicted molar refractivity (Wildman–Crippen MR) is 93.0 cm³/mol. The van der Waals surface area contributed by atoms with Crippen LogP contribution in [0.25, 0.3) is 5.65 Å². The van der Waals surface area contributed by atoms with E-state index in [-0.39, 0.29) is 11.9 Å². The van der Waals surface area contributed by atoms with Crippen molar-refractivity contribution >= 4 is 11.6 Å². The predicted octanol–water partition coefficient (Wildman–Crippen LogP) is 2.72. The van der Waals surface area contributed by atoms with Gasteiger partial charge in [-0.1, -0.05) is 18.9 Å². The van der Waals surface area contributed by atoms with Crippen molar-refractivity contribution < 1.29 is 4.79 Å². The van der Waals surface area contributed by atoms with Crippen LogP contribution in [-0.2, 0) is 11.2 Å². The zero-order chi connectivity index (χ0) is 16.8. The lowest BCUT2D eigenvalue weighted by Gasteiger charge is -2.34. The molecule has 1 saturated carbocycles. The lowest BCUT2D eigenvalue weighted by molar-refractivity contribution is -0.133. The van der Waals surface area contributed by atoms with Crippen LogP contribution in [-0.4, -0.2) is 36.7 Å². The zero-order valence-corrected chi connectivity index (χ0v) is 14.1. The largest absolute Gasteiger partial charge is 0.348 e. The Hall–Kier alpha value is -2.63. The molecule has 4 heterocycles. The van der Waals surface area contributed by atoms with Crippen molar-refractivity contribution in [3.05, 3.63) is 54.0 Å². The fraction of sp³-hybridized carbons (Fsp3) is 0.421. The molecule has 2 aliphatic rings. The molecule has 6 heteroatoms. The van der Waals surface area contributed by atoms with Crippen molar-refractivity contribution in [2.24, 2.45) is 5.92 Å². The summed E-state index contributed by atoms with van der Waals surface area (Å²) in [5, 5.41) is 0. The summed E-state index contributed by atoms with van der Waals surface area (Å²) in [5.41, 5.74) is 3.84. The van der Waals surface area contributed by atoms with E-state index in [0.717, 1.165) is 48.0 Å². The highest BCUT2D eigenvalue weighted by Gasteiger charge is 2.36. The van der Waals surface area contributed by atoms with Crippen LogP contribution in [0.15, 0.2) is 36.9 Å². The van der Waals surface area contributed by atoms with Crippen molar-refractivity contribution in [3.8, 4) is 0 Å². The second-order valence-electron chi connectivity index (χ2n) is 7.12. The van der Waals surface area contributed by atoms with Gasteiger partial charge in [0.2, 0.25) is 5.91 Å². The SMILES string of the molecule is O=C(CCC1CC1)N1CCc2[nH]cnc2[C@@H]1c1cn2ccccc2n1. The summed E-state index contributed by atoms with van der Waals surface area (Å²) in [6, 6.07) is 5.75. The molecule has 1 fully saturated rings. The van der Waals surface area contributed by atoms with Crippen LogP contribution in [0.3, 0.4) is 0 Å². The lowest BCUT2D eigenvalue weighted by Crippen LogP contribution is -2.40. The van der Waals surface area contributed by atoms with Crippen molar-refractivity contribution in [1.29, 1.82) is 0 Å². The average Bonchev–Trinajstić information content (AvgIpc) is 3.17. The van der Waals surface area contributed by atoms with Gasteiger partial charge in [-0.15, -0.1) is 0 Å². The molecule has 1 aliphatic heterocycles. The Morgan fingerprint density at radius 1 is 1.32 bits per heavy atom. The number of aromatic amines is 1. The molecule has 0 saturated heterocycles. The van der Waals surface area contributed by atoms with E-state index in [9.17, 15) is 4.79 Å². The Kier molecular flexibility index (Phi) is 3.36. The number of nitrogens with zero attached hydrogens (tertiary/aromatic N) is 4. The van der Waals surface area contributed by atoms with E-state index in [1.165, 1.54) is 12.8 Å². The third-order valence-electron chi connectivity index (χ3n) is 5.37. The molecule has 128 valence electrons. The molecule has 3 aromatic heterocycles. The number of pyridine rings is 1. The first-order chi connectivity index (χ1) is 12.3. The smallest absolute Gasteiger partial charge is 0.223 e. The van der Waals surface area contributed by atoms with Crippen LogP contribution in [0.4, 0.5) is 0 Å². The van der Waals surface area contributed by atoms with Crippen LogP contribution in [0.2, 0.25) is 0 Å². The van der Waals surface area contributed by atoms with Gasteiger partial charge in [-0.3, -0.25) is 4.79 Å². The number of nitrogens with one attached hydrogen (secondary N) is 1. The quantitative estimate of drug-likeness (QED) is 0.797. The normalized spacial score (nSPS) is 20.0. The van der Waals surface area contributed by atoms with Crippen LogP contribution >= 0.6 is 0 Å². The average molecular weight is 335 g/mol. The number of fused-ring (bicyclic) bond motifs is 2. The highest BCUT2D eigenvalue weighted by atomic mass is 16.2. The van der Waals surface area contributed by atoms with Gasteiger partial charge >= 0.3 is 0 Å². The van der Waals surface area contributed by atoms with E-state index in [0.29, 0.717) is 6.42 Å². The first kappa shape index (κ1) is 14.7. The van der Waals surface area contributed by atoms with Crippen molar-refractivity contribution in [3.63, 3.8) is 0 Å². The highest BCUT2D eigenvalue weighted by molar-refractivity contribution is 5.77. The summed E-state index contributed by atoms with van der Waals surface area (Å²) in [5.74, 6) is 0.992. The summed E-state index contributed by atoms with van der Waals surface area (Å²) >= 11 is 0. The second kappa shape index (κ2) is 5.72. The third kappa shape index (κ3) is 2.62. The maximum absolute atomic E-state index is 12.9. The number of imidazole rings is 2. The van der Waals surface area contributed by atoms with E-state index in [2.05, 4.69) is 9.97 Å². The van der Waals surface area contributed by atoms with E-state index in [4.69, 9.17) is 4.98 Å². The summed E-state index contributed by atoms with van der Waals surface area (Å²) in [6.45, 7) is 0.719. The third-order valence-corrected chi connectivity index (χ3v) is 5.37. The minimum Gasteiger partial charge on any atom is -0.348 e. The van der Waals surface area contributed by atoms with Crippen LogP contribution in [0.1, 0.15) is 48.8 Å². The summed E-state index contributed by atoms with van der Waals surface area (Å²) < 4.78 is 2.00. The Morgan fingerprint density at radius 2 is 2.24 bits per heavy atom. The second-order valence-corrected chi connectivity index (χ2v) is 7.12. The Balaban J connectivity index is 1.52. The Morgan fingerprint density at radius 3 is 3.08 bits per heavy atom. The van der Waals surface area contributed by atoms with E-state index in [1.807, 2.05) is 39.9 Å². The maximum Gasteiger partial charge on any atom is 0.223 e. The topological polar surface area (TPSA) is 66.3 Å². The number of hydrogen-bond acceptors (Lipinski definition) is 3. The molecule has 0 bridgehead atoms. The monoisotopic (exact) mass is 335 g/mol. The Labute approximate surface area is 145 Å². The number of amides is 1. The Bertz CT molecular complexity index is 890. The van der Waals surface area contributed by atoms with Crippen LogP contribution < -0.4 is 0 Å². The molecule has 5 rings (SSSR count). The summed E-state index contributed by atoms with van der Waals surface area (Å²) in [7, 11) is 0. The summed E-state index contributed by atoms with van der Waals surface area (Å²) in [6.07, 6.45) is 10.8. The maximum atomic E-state index is 12.9. The summed E-state index contributed by atoms with van der Waals surface area (Å²) in [4.78, 5) is 27.4. The molecule has 1 aliphatic carbocycles. The molecule has 1 amide bonds. The molecule has 6 nitrogen and oxygen atoms in total. The van der Waals surface area contributed by atoms with Crippen molar-refractivity contribution in [2.75, 3.05) is 6.54 Å². The number of aromatic nitrogens is 4. The van der Waals surface area contributed by atoms with Crippen molar-refractivity contribution in [1.82, 2.24) is 24.3 Å². The van der Waals surface area contributed by atoms with Gasteiger partial charge in [-0.05, 0) is 24.5 Å². The minimum absolute atomic E-state index is 0.193. The van der Waals surface area contributed by atoms with Crippen molar-refractivity contribution in [2.45, 2.75) is 38.1 Å². The molecule has 1 N–H and O–H groups in total. The van der Waals surface area contributed by atoms with Gasteiger partial charge in [0.25, 0.3) is 0 Å². The highest BCUT2D eigenvalue weighted by Crippen LogP contribution is 2.36. The van der Waals surface area contributed by atoms with Gasteiger partial charge in [-0.2, -0.15) is 0 Å². The number of hydrogen-bond donors (Lipinski definition) is 1. The zero-order valence-electron chi connectivity index (χ0n) is 14.1. The number of carbonyl (C=O) groups is 1. The van der Waals surface area contributed by atoms with E-state index < -0.39 is 0 Å². The number of H-pyrrole nitrogens is 1. The van der Waals surface area contributed by atoms with Gasteiger partial charge in [0.05, 0.1) is 17.7 Å². The lowest BCUT2D eigenvalue weighted by atomic mass is 9.99. The van der Waals surface area contributed by atoms with Gasteiger partial charge in [-0.25, -0.2) is 9.97 Å². The molecule has 0 radical (unpaired) electrons. The van der Waals surface area contributed by atoms with Gasteiger partial charge in [0, 0.05) is 37.5 Å². The molecule has 3 aromatic rings. The minimum atomic E-state index is -0.193. The van der Waals surface area contributed by atoms with Gasteiger partial charge < -0.3 is 14.3 Å². The molecular formula is C19H21N5O. The molecule has 0 unspecified atom stereocenters. The van der Waals surface area contributed by atoms with E-state index in [1.54, 1.807) is 6.33 Å².